The third kappa shape index (κ3) is 3.47. The monoisotopic (exact) mass is 315 g/mol. The first-order valence-corrected chi connectivity index (χ1v) is 9.42. The maximum Gasteiger partial charge on any atom is 0.178 e. The smallest absolute Gasteiger partial charge is 0.178 e. The Labute approximate surface area is 126 Å². The predicted molar refractivity (Wildman–Crippen MR) is 84.5 cm³/mol. The van der Waals surface area contributed by atoms with Crippen LogP contribution in [-0.4, -0.2) is 32.6 Å². The molecule has 0 aromatic heterocycles. The van der Waals surface area contributed by atoms with Crippen LogP contribution in [0.25, 0.3) is 0 Å². The van der Waals surface area contributed by atoms with Gasteiger partial charge < -0.3 is 4.90 Å². The Kier molecular flexibility index (Phi) is 5.33. The summed E-state index contributed by atoms with van der Waals surface area (Å²) in [5, 5.41) is 0. The minimum Gasteiger partial charge on any atom is -0.367 e. The van der Waals surface area contributed by atoms with Crippen LogP contribution in [0.4, 0.5) is 5.69 Å². The van der Waals surface area contributed by atoms with Crippen LogP contribution >= 0.6 is 11.6 Å². The van der Waals surface area contributed by atoms with Gasteiger partial charge in [0, 0.05) is 24.2 Å². The molecule has 1 aromatic rings. The van der Waals surface area contributed by atoms with Gasteiger partial charge in [-0.2, -0.15) is 0 Å². The van der Waals surface area contributed by atoms with Gasteiger partial charge in [-0.05, 0) is 37.1 Å². The van der Waals surface area contributed by atoms with Crippen molar-refractivity contribution in [2.45, 2.75) is 43.5 Å². The van der Waals surface area contributed by atoms with Crippen molar-refractivity contribution in [3.8, 4) is 0 Å². The Balaban J connectivity index is 2.21. The van der Waals surface area contributed by atoms with Crippen molar-refractivity contribution in [1.82, 2.24) is 0 Å². The van der Waals surface area contributed by atoms with Crippen LogP contribution in [0.2, 0.25) is 0 Å². The zero-order valence-corrected chi connectivity index (χ0v) is 13.5. The second kappa shape index (κ2) is 6.81. The average molecular weight is 316 g/mol. The molecule has 0 N–H and O–H groups in total. The molecule has 5 heteroatoms. The Morgan fingerprint density at radius 1 is 1.20 bits per heavy atom. The lowest BCUT2D eigenvalue weighted by Gasteiger charge is -2.30. The molecule has 1 aliphatic carbocycles. The molecule has 1 aromatic carbocycles. The maximum atomic E-state index is 11.8. The van der Waals surface area contributed by atoms with E-state index in [2.05, 4.69) is 4.90 Å². The Morgan fingerprint density at radius 3 is 2.30 bits per heavy atom. The van der Waals surface area contributed by atoms with Crippen molar-refractivity contribution in [2.24, 2.45) is 0 Å². The molecule has 1 fully saturated rings. The molecule has 112 valence electrons. The molecule has 0 bridgehead atoms. The van der Waals surface area contributed by atoms with Crippen LogP contribution < -0.4 is 4.90 Å². The molecule has 3 nitrogen and oxygen atoms in total. The second-order valence-electron chi connectivity index (χ2n) is 5.22. The van der Waals surface area contributed by atoms with Crippen molar-refractivity contribution in [3.05, 3.63) is 24.3 Å². The lowest BCUT2D eigenvalue weighted by atomic mass is 10.2. The van der Waals surface area contributed by atoms with Crippen LogP contribution in [0, 0.1) is 0 Å². The van der Waals surface area contributed by atoms with E-state index in [4.69, 9.17) is 11.6 Å². The third-order valence-electron chi connectivity index (χ3n) is 4.00. The number of nitrogens with zero attached hydrogens (tertiary/aromatic N) is 1. The topological polar surface area (TPSA) is 37.4 Å². The fraction of sp³-hybridized carbons (Fsp3) is 0.600. The SMILES string of the molecule is CCS(=O)(=O)c1ccc(N(CCCl)C2CCCC2)cc1. The summed E-state index contributed by atoms with van der Waals surface area (Å²) in [6.07, 6.45) is 4.94. The number of hydrogen-bond donors (Lipinski definition) is 0. The van der Waals surface area contributed by atoms with E-state index in [0.717, 1.165) is 12.2 Å². The van der Waals surface area contributed by atoms with Gasteiger partial charge in [-0.25, -0.2) is 8.42 Å². The summed E-state index contributed by atoms with van der Waals surface area (Å²) in [5.41, 5.74) is 1.08. The summed E-state index contributed by atoms with van der Waals surface area (Å²) < 4.78 is 23.7. The van der Waals surface area contributed by atoms with E-state index in [-0.39, 0.29) is 5.75 Å². The molecule has 0 unspecified atom stereocenters. The molecule has 0 aliphatic heterocycles. The van der Waals surface area contributed by atoms with E-state index in [1.54, 1.807) is 19.1 Å². The van der Waals surface area contributed by atoms with E-state index in [9.17, 15) is 8.42 Å². The molecule has 0 saturated heterocycles. The highest BCUT2D eigenvalue weighted by Gasteiger charge is 2.22. The van der Waals surface area contributed by atoms with E-state index in [1.807, 2.05) is 12.1 Å². The molecule has 1 saturated carbocycles. The first kappa shape index (κ1) is 15.6. The van der Waals surface area contributed by atoms with E-state index < -0.39 is 9.84 Å². The fourth-order valence-corrected chi connectivity index (χ4v) is 3.91. The van der Waals surface area contributed by atoms with Crippen molar-refractivity contribution >= 4 is 27.1 Å². The Morgan fingerprint density at radius 2 is 1.80 bits per heavy atom. The molecule has 0 spiro atoms. The van der Waals surface area contributed by atoms with Gasteiger partial charge in [-0.1, -0.05) is 19.8 Å². The molecular weight excluding hydrogens is 294 g/mol. The second-order valence-corrected chi connectivity index (χ2v) is 7.87. The van der Waals surface area contributed by atoms with Gasteiger partial charge in [0.05, 0.1) is 10.6 Å². The average Bonchev–Trinajstić information content (AvgIpc) is 2.99. The summed E-state index contributed by atoms with van der Waals surface area (Å²) in [7, 11) is -3.12. The minimum atomic E-state index is -3.12. The van der Waals surface area contributed by atoms with Crippen molar-refractivity contribution in [3.63, 3.8) is 0 Å². The highest BCUT2D eigenvalue weighted by molar-refractivity contribution is 7.91. The number of benzene rings is 1. The number of rotatable bonds is 6. The summed E-state index contributed by atoms with van der Waals surface area (Å²) in [5.74, 6) is 0.728. The number of sulfone groups is 1. The first-order valence-electron chi connectivity index (χ1n) is 7.24. The molecular formula is C15H22ClNO2S. The summed E-state index contributed by atoms with van der Waals surface area (Å²) in [6, 6.07) is 7.79. The largest absolute Gasteiger partial charge is 0.367 e. The molecule has 20 heavy (non-hydrogen) atoms. The lowest BCUT2D eigenvalue weighted by Crippen LogP contribution is -2.34. The lowest BCUT2D eigenvalue weighted by molar-refractivity contribution is 0.597. The van der Waals surface area contributed by atoms with Gasteiger partial charge in [0.25, 0.3) is 0 Å². The molecule has 0 atom stereocenters. The zero-order chi connectivity index (χ0) is 14.6. The van der Waals surface area contributed by atoms with Gasteiger partial charge in [0.2, 0.25) is 0 Å². The summed E-state index contributed by atoms with van der Waals surface area (Å²) in [4.78, 5) is 2.73. The number of hydrogen-bond acceptors (Lipinski definition) is 3. The normalized spacial score (nSPS) is 16.5. The van der Waals surface area contributed by atoms with Crippen molar-refractivity contribution < 1.29 is 8.42 Å². The van der Waals surface area contributed by atoms with Gasteiger partial charge >= 0.3 is 0 Å². The third-order valence-corrected chi connectivity index (χ3v) is 5.92. The highest BCUT2D eigenvalue weighted by Crippen LogP contribution is 2.29. The molecule has 1 aliphatic rings. The molecule has 2 rings (SSSR count). The van der Waals surface area contributed by atoms with E-state index in [0.29, 0.717) is 16.8 Å². The van der Waals surface area contributed by atoms with Crippen molar-refractivity contribution in [1.29, 1.82) is 0 Å². The van der Waals surface area contributed by atoms with Crippen LogP contribution in [0.3, 0.4) is 0 Å². The Bertz CT molecular complexity index is 521. The molecule has 0 heterocycles. The number of alkyl halides is 1. The standard InChI is InChI=1S/C15H22ClNO2S/c1-2-20(18,19)15-9-7-14(8-10-15)17(12-11-16)13-5-3-4-6-13/h7-10,13H,2-6,11-12H2,1H3. The minimum absolute atomic E-state index is 0.139. The van der Waals surface area contributed by atoms with Gasteiger partial charge in [0.15, 0.2) is 9.84 Å². The maximum absolute atomic E-state index is 11.8. The zero-order valence-electron chi connectivity index (χ0n) is 11.9. The quantitative estimate of drug-likeness (QED) is 0.754. The molecule has 0 amide bonds. The van der Waals surface area contributed by atoms with E-state index in [1.165, 1.54) is 25.7 Å². The van der Waals surface area contributed by atoms with E-state index >= 15 is 0 Å². The van der Waals surface area contributed by atoms with Crippen molar-refractivity contribution in [2.75, 3.05) is 23.1 Å². The van der Waals surface area contributed by atoms with Crippen LogP contribution in [0.15, 0.2) is 29.2 Å². The number of anilines is 1. The van der Waals surface area contributed by atoms with Crippen LogP contribution in [0.1, 0.15) is 32.6 Å². The summed E-state index contributed by atoms with van der Waals surface area (Å²) in [6.45, 7) is 2.48. The van der Waals surface area contributed by atoms with Crippen LogP contribution in [-0.2, 0) is 9.84 Å². The Hall–Kier alpha value is -0.740. The summed E-state index contributed by atoms with van der Waals surface area (Å²) >= 11 is 5.91. The van der Waals surface area contributed by atoms with Gasteiger partial charge in [-0.15, -0.1) is 11.6 Å². The fourth-order valence-electron chi connectivity index (χ4n) is 2.84. The number of halogens is 1. The first-order chi connectivity index (χ1) is 9.58. The predicted octanol–water partition coefficient (Wildman–Crippen LogP) is 3.47. The van der Waals surface area contributed by atoms with Crippen LogP contribution in [0.5, 0.6) is 0 Å². The highest BCUT2D eigenvalue weighted by atomic mass is 35.5. The van der Waals surface area contributed by atoms with Gasteiger partial charge in [-0.3, -0.25) is 0 Å². The molecule has 0 radical (unpaired) electrons. The van der Waals surface area contributed by atoms with Gasteiger partial charge in [0.1, 0.15) is 0 Å².